The Bertz CT molecular complexity index is 3770. The van der Waals surface area contributed by atoms with E-state index in [1.54, 1.807) is 66.9 Å². The first kappa shape index (κ1) is 109. The van der Waals surface area contributed by atoms with Crippen LogP contribution < -0.4 is 48.5 Å². The Kier molecular flexibility index (Phi) is 57.7. The van der Waals surface area contributed by atoms with Gasteiger partial charge in [0.25, 0.3) is 11.8 Å². The summed E-state index contributed by atoms with van der Waals surface area (Å²) in [5.74, 6) is 1.82. The first-order chi connectivity index (χ1) is 65.1. The Morgan fingerprint density at radius 3 is 0.682 bits per heavy atom. The minimum absolute atomic E-state index is 0.0795. The number of fused-ring (bicyclic) bond motifs is 6. The monoisotopic (exact) mass is 1870 g/mol. The van der Waals surface area contributed by atoms with Crippen molar-refractivity contribution in [2.45, 2.75) is 13.8 Å². The summed E-state index contributed by atoms with van der Waals surface area (Å²) >= 11 is 0. The van der Waals surface area contributed by atoms with Crippen LogP contribution in [0.4, 0.5) is 11.4 Å². The second-order valence-electron chi connectivity index (χ2n) is 29.6. The molecule has 0 radical (unpaired) electrons. The molecule has 6 aromatic carbocycles. The molecule has 2 amide bonds. The summed E-state index contributed by atoms with van der Waals surface area (Å²) in [6, 6.07) is 26.2. The van der Waals surface area contributed by atoms with E-state index in [0.29, 0.717) is 262 Å². The highest BCUT2D eigenvalue weighted by atomic mass is 16.6. The van der Waals surface area contributed by atoms with E-state index in [-0.39, 0.29) is 137 Å². The summed E-state index contributed by atoms with van der Waals surface area (Å²) < 4.78 is 185. The van der Waals surface area contributed by atoms with Crippen LogP contribution in [0.2, 0.25) is 0 Å². The number of hydrogen-bond donors (Lipinski definition) is 2. The first-order valence-corrected chi connectivity index (χ1v) is 45.3. The molecule has 36 nitrogen and oxygen atoms in total. The van der Waals surface area contributed by atoms with E-state index in [1.807, 2.05) is 60.7 Å². The van der Waals surface area contributed by atoms with Crippen molar-refractivity contribution in [3.63, 3.8) is 0 Å². The second-order valence-corrected chi connectivity index (χ2v) is 29.6. The molecule has 2 aliphatic rings. The zero-order chi connectivity index (χ0) is 93.2. The summed E-state index contributed by atoms with van der Waals surface area (Å²) in [5.41, 5.74) is 5.58. The molecule has 2 aliphatic heterocycles. The van der Waals surface area contributed by atoms with Gasteiger partial charge < -0.3 is 162 Å². The molecule has 132 heavy (non-hydrogen) atoms. The van der Waals surface area contributed by atoms with Crippen molar-refractivity contribution in [3.8, 4) is 46.0 Å². The third kappa shape index (κ3) is 42.1. The smallest absolute Gasteiger partial charge is 0.255 e. The maximum absolute atomic E-state index is 14.9. The molecule has 0 saturated heterocycles. The average molecular weight is 1870 g/mol. The van der Waals surface area contributed by atoms with Gasteiger partial charge in [0.05, 0.1) is 291 Å². The van der Waals surface area contributed by atoms with Crippen LogP contribution in [0.1, 0.15) is 45.7 Å². The van der Waals surface area contributed by atoms with Crippen LogP contribution in [0.25, 0.3) is 32.7 Å². The maximum atomic E-state index is 14.9. The van der Waals surface area contributed by atoms with Gasteiger partial charge in [-0.05, 0) is 93.4 Å². The van der Waals surface area contributed by atoms with Crippen LogP contribution in [0.5, 0.6) is 46.0 Å². The minimum Gasteiger partial charge on any atom is -0.492 e. The minimum atomic E-state index is -0.450. The molecule has 6 aromatic rings. The van der Waals surface area contributed by atoms with Gasteiger partial charge in [0, 0.05) is 88.1 Å². The molecule has 0 aliphatic carbocycles. The molecule has 0 bridgehead atoms. The van der Waals surface area contributed by atoms with Gasteiger partial charge in [-0.3, -0.25) is 9.59 Å². The Labute approximate surface area is 776 Å². The number of carbonyl (C=O) groups is 2. The van der Waals surface area contributed by atoms with E-state index in [2.05, 4.69) is 24.5 Å². The lowest BCUT2D eigenvalue weighted by Gasteiger charge is -2.35. The molecule has 2 heterocycles. The fourth-order valence-electron chi connectivity index (χ4n) is 13.3. The van der Waals surface area contributed by atoms with Crippen LogP contribution in [0, 0.1) is 11.8 Å². The molecule has 740 valence electrons. The highest BCUT2D eigenvalue weighted by Gasteiger charge is 2.35. The Morgan fingerprint density at radius 2 is 0.462 bits per heavy atom. The lowest BCUT2D eigenvalue weighted by molar-refractivity contribution is -0.00160. The third-order valence-corrected chi connectivity index (χ3v) is 19.8. The number of nitrogens with one attached hydrogen (secondary N) is 2. The van der Waals surface area contributed by atoms with Gasteiger partial charge in [-0.2, -0.15) is 0 Å². The van der Waals surface area contributed by atoms with E-state index in [1.165, 1.54) is 0 Å². The third-order valence-electron chi connectivity index (χ3n) is 19.8. The number of carbonyl (C=O) groups excluding carboxylic acids is 2. The molecule has 0 aromatic heterocycles. The van der Waals surface area contributed by atoms with E-state index < -0.39 is 11.8 Å². The number of ether oxygens (including phenoxy) is 32. The molecule has 2 unspecified atom stereocenters. The van der Waals surface area contributed by atoms with E-state index in [9.17, 15) is 9.59 Å². The summed E-state index contributed by atoms with van der Waals surface area (Å²) in [6.07, 6.45) is 0. The second kappa shape index (κ2) is 69.7. The van der Waals surface area contributed by atoms with Gasteiger partial charge in [-0.15, -0.1) is 0 Å². The van der Waals surface area contributed by atoms with Crippen molar-refractivity contribution in [2.24, 2.45) is 11.8 Å². The normalized spacial score (nSPS) is 14.2. The number of anilines is 2. The number of rotatable bonds is 82. The largest absolute Gasteiger partial charge is 0.492 e. The standard InChI is InChI=1S/C96H142N2O34/c1-73-71-131-83-15-9-75-65-79(97-95(99)77-67-85(125-59-53-119-47-41-113-35-29-107-23-17-101-3)93(129-63-57-123-51-45-117-39-33-111-27-21-105-7)86(68-77)126-60-54-120-48-42-114-36-30-108-24-18-102-4)11-13-81(75)91(83)89(73)90-74(2)72-132-84-16-10-76-66-80(12-14-82(76)92(84)90)98-96(100)78-69-87(127-61-55-121-49-43-115-37-31-109-25-19-103-5)94(130-64-58-124-52-46-118-40-34-112-28-22-106-8)88(70-78)128-62-56-122-50-44-116-38-32-110-26-20-104-6/h9-16,65-70,73-74H,17-64,71-72H2,1-8H3,(H,97,99)(H,98,100)/b90-89+. The van der Waals surface area contributed by atoms with Gasteiger partial charge in [0.1, 0.15) is 51.1 Å². The van der Waals surface area contributed by atoms with Crippen LogP contribution >= 0.6 is 0 Å². The zero-order valence-electron chi connectivity index (χ0n) is 78.5. The van der Waals surface area contributed by atoms with Crippen molar-refractivity contribution >= 4 is 55.9 Å². The summed E-state index contributed by atoms with van der Waals surface area (Å²) in [7, 11) is 9.74. The molecule has 0 saturated carbocycles. The number of amides is 2. The zero-order valence-corrected chi connectivity index (χ0v) is 78.5. The highest BCUT2D eigenvalue weighted by Crippen LogP contribution is 2.52. The molecule has 8 rings (SSSR count). The lowest BCUT2D eigenvalue weighted by atomic mass is 9.77. The lowest BCUT2D eigenvalue weighted by Crippen LogP contribution is -2.24. The molecule has 0 fully saturated rings. The van der Waals surface area contributed by atoms with Crippen molar-refractivity contribution in [1.82, 2.24) is 0 Å². The number of hydrogen-bond acceptors (Lipinski definition) is 34. The maximum Gasteiger partial charge on any atom is 0.255 e. The van der Waals surface area contributed by atoms with Gasteiger partial charge >= 0.3 is 0 Å². The Balaban J connectivity index is 1.03. The van der Waals surface area contributed by atoms with E-state index >= 15 is 0 Å². The average Bonchev–Trinajstić information content (AvgIpc) is 0.728. The number of benzene rings is 6. The Hall–Kier alpha value is -8.04. The van der Waals surface area contributed by atoms with Crippen molar-refractivity contribution < 1.29 is 161 Å². The van der Waals surface area contributed by atoms with Crippen LogP contribution in [-0.4, -0.2) is 385 Å². The van der Waals surface area contributed by atoms with Crippen LogP contribution in [0.3, 0.4) is 0 Å². The van der Waals surface area contributed by atoms with Gasteiger partial charge in [0.15, 0.2) is 23.0 Å². The fraction of sp³-hybridized carbons (Fsp3) is 0.625. The predicted octanol–water partition coefficient (Wildman–Crippen LogP) is 9.92. The summed E-state index contributed by atoms with van der Waals surface area (Å²) in [4.78, 5) is 29.8. The molecule has 2 atom stereocenters. The van der Waals surface area contributed by atoms with Crippen molar-refractivity contribution in [1.29, 1.82) is 0 Å². The molecule has 36 heteroatoms. The topological polar surface area (TPSA) is 354 Å². The van der Waals surface area contributed by atoms with Crippen molar-refractivity contribution in [3.05, 3.63) is 107 Å². The predicted molar refractivity (Wildman–Crippen MR) is 492 cm³/mol. The first-order valence-electron chi connectivity index (χ1n) is 45.3. The fourth-order valence-corrected chi connectivity index (χ4v) is 13.3. The van der Waals surface area contributed by atoms with Crippen molar-refractivity contribution in [2.75, 3.05) is 384 Å². The molecular weight excluding hydrogens is 1730 g/mol. The Morgan fingerprint density at radius 1 is 0.258 bits per heavy atom. The number of methoxy groups -OCH3 is 6. The van der Waals surface area contributed by atoms with Gasteiger partial charge in [-0.1, -0.05) is 38.1 Å². The van der Waals surface area contributed by atoms with Gasteiger partial charge in [-0.25, -0.2) is 0 Å². The van der Waals surface area contributed by atoms with Crippen LogP contribution in [-0.2, 0) is 114 Å². The molecule has 0 spiro atoms. The molecule has 2 N–H and O–H groups in total. The molecular formula is C96H142N2O34. The van der Waals surface area contributed by atoms with Crippen LogP contribution in [0.15, 0.2) is 84.9 Å². The summed E-state index contributed by atoms with van der Waals surface area (Å²) in [5, 5.41) is 9.87. The highest BCUT2D eigenvalue weighted by molar-refractivity contribution is 6.12. The summed E-state index contributed by atoms with van der Waals surface area (Å²) in [6.45, 7) is 21.6. The van der Waals surface area contributed by atoms with Gasteiger partial charge in [0.2, 0.25) is 11.5 Å². The SMILES string of the molecule is COCCOCCOCCOCCOc1cc(C(=O)Nc2ccc3c4c(ccc3c2)OCC(C)/C4=C2\c3c(ccc4cc(NC(=O)c5cc(OCCOCCOCCOCCOC)c(OCCOCCOCCOCCOC)c(OCCOCCOCCOCCOC)c5)ccc34)OCC2C)cc(OCCOCCOCCOCCOC)c1OCCOCCOCCOCCOC. The van der Waals surface area contributed by atoms with E-state index in [4.69, 9.17) is 152 Å². The quantitative estimate of drug-likeness (QED) is 0.0335. The van der Waals surface area contributed by atoms with E-state index in [0.717, 1.165) is 55.3 Å².